The van der Waals surface area contributed by atoms with Gasteiger partial charge in [-0.25, -0.2) is 9.78 Å². The van der Waals surface area contributed by atoms with E-state index in [-0.39, 0.29) is 6.03 Å². The Morgan fingerprint density at radius 1 is 1.00 bits per heavy atom. The van der Waals surface area contributed by atoms with E-state index in [4.69, 9.17) is 9.72 Å². The zero-order valence-electron chi connectivity index (χ0n) is 16.1. The number of rotatable bonds is 4. The van der Waals surface area contributed by atoms with Gasteiger partial charge < -0.3 is 20.3 Å². The molecule has 1 aliphatic carbocycles. The van der Waals surface area contributed by atoms with Crippen molar-refractivity contribution in [1.82, 2.24) is 15.3 Å². The van der Waals surface area contributed by atoms with Crippen LogP contribution < -0.4 is 15.5 Å². The van der Waals surface area contributed by atoms with E-state index in [1.165, 1.54) is 0 Å². The van der Waals surface area contributed by atoms with E-state index in [1.807, 2.05) is 42.6 Å². The highest BCUT2D eigenvalue weighted by Gasteiger charge is 2.23. The first-order chi connectivity index (χ1) is 14.2. The maximum atomic E-state index is 11.9. The molecule has 0 atom stereocenters. The topological polar surface area (TPSA) is 79.4 Å². The Labute approximate surface area is 169 Å². The van der Waals surface area contributed by atoms with Crippen LogP contribution in [0.1, 0.15) is 12.8 Å². The summed E-state index contributed by atoms with van der Waals surface area (Å²) in [6.45, 7) is 3.11. The van der Waals surface area contributed by atoms with Gasteiger partial charge >= 0.3 is 6.03 Å². The number of morpholine rings is 1. The lowest BCUT2D eigenvalue weighted by molar-refractivity contribution is 0.122. The quantitative estimate of drug-likeness (QED) is 0.715. The average Bonchev–Trinajstić information content (AvgIpc) is 3.58. The minimum atomic E-state index is -0.142. The Kier molecular flexibility index (Phi) is 4.73. The number of nitrogens with one attached hydrogen (secondary N) is 2. The highest BCUT2D eigenvalue weighted by atomic mass is 16.5. The summed E-state index contributed by atoms with van der Waals surface area (Å²) in [6.07, 6.45) is 3.98. The second kappa shape index (κ2) is 7.67. The van der Waals surface area contributed by atoms with Gasteiger partial charge in [0.2, 0.25) is 0 Å². The van der Waals surface area contributed by atoms with Crippen molar-refractivity contribution >= 4 is 28.6 Å². The van der Waals surface area contributed by atoms with Gasteiger partial charge in [-0.15, -0.1) is 0 Å². The van der Waals surface area contributed by atoms with E-state index in [2.05, 4.69) is 26.6 Å². The molecule has 1 aromatic heterocycles. The number of urea groups is 1. The Morgan fingerprint density at radius 3 is 2.52 bits per heavy atom. The average molecular weight is 389 g/mol. The van der Waals surface area contributed by atoms with Crippen molar-refractivity contribution in [2.45, 2.75) is 18.9 Å². The lowest BCUT2D eigenvalue weighted by Gasteiger charge is -2.27. The van der Waals surface area contributed by atoms with E-state index in [0.717, 1.165) is 72.8 Å². The molecule has 0 bridgehead atoms. The largest absolute Gasteiger partial charge is 0.378 e. The molecule has 0 spiro atoms. The van der Waals surface area contributed by atoms with Crippen LogP contribution in [0.2, 0.25) is 0 Å². The van der Waals surface area contributed by atoms with Crippen LogP contribution in [0.3, 0.4) is 0 Å². The van der Waals surface area contributed by atoms with Gasteiger partial charge in [0.15, 0.2) is 0 Å². The molecule has 5 rings (SSSR count). The molecule has 148 valence electrons. The van der Waals surface area contributed by atoms with Gasteiger partial charge in [0.25, 0.3) is 0 Å². The number of ether oxygens (including phenoxy) is 1. The van der Waals surface area contributed by atoms with Crippen LogP contribution in [0.5, 0.6) is 0 Å². The normalized spacial score (nSPS) is 16.6. The molecule has 2 amide bonds. The summed E-state index contributed by atoms with van der Waals surface area (Å²) in [4.78, 5) is 23.5. The molecule has 2 aromatic carbocycles. The molecule has 2 aliphatic rings. The Morgan fingerprint density at radius 2 is 1.76 bits per heavy atom. The minimum Gasteiger partial charge on any atom is -0.378 e. The molecule has 1 saturated heterocycles. The van der Waals surface area contributed by atoms with E-state index in [9.17, 15) is 4.79 Å². The highest BCUT2D eigenvalue weighted by Crippen LogP contribution is 2.26. The Balaban J connectivity index is 1.35. The van der Waals surface area contributed by atoms with Gasteiger partial charge in [0, 0.05) is 24.8 Å². The Hall–Kier alpha value is -3.19. The molecule has 1 saturated carbocycles. The molecule has 0 radical (unpaired) electrons. The van der Waals surface area contributed by atoms with Gasteiger partial charge in [0.1, 0.15) is 5.82 Å². The molecule has 1 aliphatic heterocycles. The van der Waals surface area contributed by atoms with Crippen molar-refractivity contribution in [3.05, 3.63) is 48.7 Å². The standard InChI is InChI=1S/C22H23N5O2/c28-22(25-18-6-7-18)24-17-4-1-15(2-5-17)16-3-8-19-20(13-16)26-21(14-23-19)27-9-11-29-12-10-27/h1-5,8,13-14,18H,6-7,9-12H2,(H2,24,25,28). The van der Waals surface area contributed by atoms with Crippen LogP contribution in [0, 0.1) is 0 Å². The number of amides is 2. The van der Waals surface area contributed by atoms with Gasteiger partial charge in [0.05, 0.1) is 30.4 Å². The number of benzene rings is 2. The van der Waals surface area contributed by atoms with E-state index < -0.39 is 0 Å². The fourth-order valence-corrected chi connectivity index (χ4v) is 3.45. The van der Waals surface area contributed by atoms with E-state index in [1.54, 1.807) is 0 Å². The van der Waals surface area contributed by atoms with Crippen LogP contribution >= 0.6 is 0 Å². The molecule has 2 N–H and O–H groups in total. The third kappa shape index (κ3) is 4.14. The molecule has 3 aromatic rings. The minimum absolute atomic E-state index is 0.142. The predicted molar refractivity (Wildman–Crippen MR) is 113 cm³/mol. The molecule has 7 heteroatoms. The second-order valence-corrected chi connectivity index (χ2v) is 7.48. The lowest BCUT2D eigenvalue weighted by Crippen LogP contribution is -2.36. The molecular formula is C22H23N5O2. The SMILES string of the molecule is O=C(Nc1ccc(-c2ccc3ncc(N4CCOCC4)nc3c2)cc1)NC1CC1. The monoisotopic (exact) mass is 389 g/mol. The summed E-state index contributed by atoms with van der Waals surface area (Å²) in [5.74, 6) is 0.888. The van der Waals surface area contributed by atoms with Crippen LogP contribution in [-0.2, 0) is 4.74 Å². The molecular weight excluding hydrogens is 366 g/mol. The Bertz CT molecular complexity index is 1030. The summed E-state index contributed by atoms with van der Waals surface area (Å²) in [5.41, 5.74) is 4.67. The smallest absolute Gasteiger partial charge is 0.319 e. The summed E-state index contributed by atoms with van der Waals surface area (Å²) in [7, 11) is 0. The first kappa shape index (κ1) is 17.9. The summed E-state index contributed by atoms with van der Waals surface area (Å²) >= 11 is 0. The van der Waals surface area contributed by atoms with Crippen molar-refractivity contribution < 1.29 is 9.53 Å². The number of hydrogen-bond acceptors (Lipinski definition) is 5. The van der Waals surface area contributed by atoms with Crippen molar-refractivity contribution in [1.29, 1.82) is 0 Å². The zero-order valence-corrected chi connectivity index (χ0v) is 16.1. The van der Waals surface area contributed by atoms with Crippen LogP contribution in [0.25, 0.3) is 22.2 Å². The maximum Gasteiger partial charge on any atom is 0.319 e. The molecule has 7 nitrogen and oxygen atoms in total. The molecule has 0 unspecified atom stereocenters. The predicted octanol–water partition coefficient (Wildman–Crippen LogP) is 3.42. The number of hydrogen-bond donors (Lipinski definition) is 2. The number of aromatic nitrogens is 2. The number of carbonyl (C=O) groups excluding carboxylic acids is 1. The first-order valence-corrected chi connectivity index (χ1v) is 10.0. The van der Waals surface area contributed by atoms with Gasteiger partial charge in [-0.3, -0.25) is 4.98 Å². The third-order valence-corrected chi connectivity index (χ3v) is 5.25. The lowest BCUT2D eigenvalue weighted by atomic mass is 10.0. The summed E-state index contributed by atoms with van der Waals surface area (Å²) in [6, 6.07) is 14.2. The number of carbonyl (C=O) groups is 1. The van der Waals surface area contributed by atoms with Gasteiger partial charge in [-0.05, 0) is 48.2 Å². The number of nitrogens with zero attached hydrogens (tertiary/aromatic N) is 3. The van der Waals surface area contributed by atoms with Crippen LogP contribution in [-0.4, -0.2) is 48.3 Å². The fourth-order valence-electron chi connectivity index (χ4n) is 3.45. The van der Waals surface area contributed by atoms with Gasteiger partial charge in [-0.2, -0.15) is 0 Å². The molecule has 29 heavy (non-hydrogen) atoms. The van der Waals surface area contributed by atoms with Crippen molar-refractivity contribution in [2.24, 2.45) is 0 Å². The second-order valence-electron chi connectivity index (χ2n) is 7.48. The van der Waals surface area contributed by atoms with Crippen molar-refractivity contribution in [3.8, 4) is 11.1 Å². The summed E-state index contributed by atoms with van der Waals surface area (Å²) < 4.78 is 5.42. The third-order valence-electron chi connectivity index (χ3n) is 5.25. The zero-order chi connectivity index (χ0) is 19.6. The number of fused-ring (bicyclic) bond motifs is 1. The summed E-state index contributed by atoms with van der Waals surface area (Å²) in [5, 5.41) is 5.80. The van der Waals surface area contributed by atoms with Gasteiger partial charge in [-0.1, -0.05) is 18.2 Å². The number of anilines is 2. The fraction of sp³-hybridized carbons (Fsp3) is 0.318. The first-order valence-electron chi connectivity index (χ1n) is 10.0. The molecule has 2 heterocycles. The molecule has 2 fully saturated rings. The van der Waals surface area contributed by atoms with Crippen molar-refractivity contribution in [2.75, 3.05) is 36.5 Å². The van der Waals surface area contributed by atoms with E-state index in [0.29, 0.717) is 6.04 Å². The van der Waals surface area contributed by atoms with E-state index >= 15 is 0 Å². The van der Waals surface area contributed by atoms with Crippen LogP contribution in [0.4, 0.5) is 16.3 Å². The maximum absolute atomic E-state index is 11.9. The van der Waals surface area contributed by atoms with Crippen LogP contribution in [0.15, 0.2) is 48.7 Å². The highest BCUT2D eigenvalue weighted by molar-refractivity contribution is 5.90. The van der Waals surface area contributed by atoms with Crippen molar-refractivity contribution in [3.63, 3.8) is 0 Å².